The lowest BCUT2D eigenvalue weighted by Crippen LogP contribution is -2.35. The quantitative estimate of drug-likeness (QED) is 0.751. The number of nitrogens with one attached hydrogen (secondary N) is 1. The van der Waals surface area contributed by atoms with E-state index in [0.717, 1.165) is 5.69 Å². The third-order valence-corrected chi connectivity index (χ3v) is 2.00. The summed E-state index contributed by atoms with van der Waals surface area (Å²) >= 11 is 0. The number of likely N-dealkylation sites (N-methyl/N-ethyl adjacent to an activating group) is 1. The molecule has 0 aromatic carbocycles. The Morgan fingerprint density at radius 3 is 2.67 bits per heavy atom. The summed E-state index contributed by atoms with van der Waals surface area (Å²) < 4.78 is 1.71. The van der Waals surface area contributed by atoms with Gasteiger partial charge in [0.1, 0.15) is 6.04 Å². The van der Waals surface area contributed by atoms with E-state index in [1.165, 1.54) is 0 Å². The van der Waals surface area contributed by atoms with Crippen LogP contribution in [-0.4, -0.2) is 33.5 Å². The molecule has 0 amide bonds. The third kappa shape index (κ3) is 4.91. The molecule has 0 aliphatic rings. The standard InChI is InChI=1S/C7H12N3O2P.C2H6/c1-8-6(7(11)12)2-5-3-10(13)4-9-5;1-2/h3-4,6,8H,2,13H2,1H3,(H,11,12);1-2H3/t6-;/m0./s1. The number of rotatable bonds is 4. The van der Waals surface area contributed by atoms with E-state index in [1.807, 2.05) is 13.8 Å². The molecule has 2 atom stereocenters. The van der Waals surface area contributed by atoms with E-state index in [1.54, 1.807) is 23.9 Å². The molecule has 86 valence electrons. The highest BCUT2D eigenvalue weighted by molar-refractivity contribution is 7.14. The van der Waals surface area contributed by atoms with Crippen molar-refractivity contribution in [3.05, 3.63) is 18.2 Å². The molecular weight excluding hydrogens is 213 g/mol. The SMILES string of the molecule is CC.CN[C@@H](Cc1cn(P)cn1)C(=O)O. The topological polar surface area (TPSA) is 67.2 Å². The molecule has 1 aromatic heterocycles. The Balaban J connectivity index is 0.000000921. The van der Waals surface area contributed by atoms with Gasteiger partial charge in [-0.2, -0.15) is 0 Å². The average molecular weight is 231 g/mol. The van der Waals surface area contributed by atoms with Crippen molar-refractivity contribution in [3.63, 3.8) is 0 Å². The summed E-state index contributed by atoms with van der Waals surface area (Å²) in [5.74, 6) is -0.860. The Bertz CT molecular complexity index is 301. The second kappa shape index (κ2) is 7.37. The molecule has 1 aromatic rings. The molecule has 0 aliphatic carbocycles. The van der Waals surface area contributed by atoms with Gasteiger partial charge in [0.2, 0.25) is 0 Å². The number of nitrogens with zero attached hydrogens (tertiary/aromatic N) is 2. The van der Waals surface area contributed by atoms with E-state index in [0.29, 0.717) is 6.42 Å². The lowest BCUT2D eigenvalue weighted by atomic mass is 10.2. The van der Waals surface area contributed by atoms with Gasteiger partial charge in [-0.25, -0.2) is 4.98 Å². The van der Waals surface area contributed by atoms with Crippen molar-refractivity contribution in [1.82, 2.24) is 14.6 Å². The van der Waals surface area contributed by atoms with Gasteiger partial charge in [-0.15, -0.1) is 0 Å². The number of imidazole rings is 1. The minimum Gasteiger partial charge on any atom is -0.480 e. The first kappa shape index (κ1) is 14.1. The molecule has 1 heterocycles. The second-order valence-corrected chi connectivity index (χ2v) is 3.29. The number of hydrogen-bond donors (Lipinski definition) is 2. The summed E-state index contributed by atoms with van der Waals surface area (Å²) in [6.07, 6.45) is 3.79. The Morgan fingerprint density at radius 1 is 1.73 bits per heavy atom. The fourth-order valence-electron chi connectivity index (χ4n) is 1.01. The minimum atomic E-state index is -0.860. The van der Waals surface area contributed by atoms with Crippen molar-refractivity contribution >= 4 is 15.4 Å². The maximum atomic E-state index is 10.6. The van der Waals surface area contributed by atoms with Crippen molar-refractivity contribution in [2.45, 2.75) is 26.3 Å². The maximum Gasteiger partial charge on any atom is 0.321 e. The van der Waals surface area contributed by atoms with Gasteiger partial charge in [0.05, 0.1) is 12.0 Å². The minimum absolute atomic E-state index is 0.396. The van der Waals surface area contributed by atoms with Crippen molar-refractivity contribution in [1.29, 1.82) is 0 Å². The van der Waals surface area contributed by atoms with Gasteiger partial charge in [-0.1, -0.05) is 13.8 Å². The fraction of sp³-hybridized carbons (Fsp3) is 0.556. The molecule has 0 fully saturated rings. The Hall–Kier alpha value is -0.930. The van der Waals surface area contributed by atoms with Crippen LogP contribution in [0, 0.1) is 0 Å². The van der Waals surface area contributed by atoms with Gasteiger partial charge in [0.15, 0.2) is 0 Å². The molecule has 0 saturated heterocycles. The van der Waals surface area contributed by atoms with Crippen LogP contribution in [0.4, 0.5) is 0 Å². The Kier molecular flexibility index (Phi) is 6.92. The lowest BCUT2D eigenvalue weighted by Gasteiger charge is -2.08. The van der Waals surface area contributed by atoms with Crippen LogP contribution >= 0.6 is 9.39 Å². The average Bonchev–Trinajstić information content (AvgIpc) is 2.63. The molecule has 5 nitrogen and oxygen atoms in total. The number of aliphatic carboxylic acids is 1. The van der Waals surface area contributed by atoms with Crippen LogP contribution in [0.25, 0.3) is 0 Å². The molecule has 15 heavy (non-hydrogen) atoms. The van der Waals surface area contributed by atoms with Gasteiger partial charge in [0.25, 0.3) is 0 Å². The summed E-state index contributed by atoms with van der Waals surface area (Å²) in [5, 5.41) is 11.4. The zero-order valence-corrected chi connectivity index (χ0v) is 10.4. The van der Waals surface area contributed by atoms with Crippen LogP contribution in [0.3, 0.4) is 0 Å². The van der Waals surface area contributed by atoms with Crippen LogP contribution in [0.1, 0.15) is 19.5 Å². The van der Waals surface area contributed by atoms with Crippen molar-refractivity contribution in [3.8, 4) is 0 Å². The van der Waals surface area contributed by atoms with E-state index in [-0.39, 0.29) is 0 Å². The Morgan fingerprint density at radius 2 is 2.33 bits per heavy atom. The van der Waals surface area contributed by atoms with E-state index < -0.39 is 12.0 Å². The predicted molar refractivity (Wildman–Crippen MR) is 62.9 cm³/mol. The van der Waals surface area contributed by atoms with Crippen LogP contribution in [0.2, 0.25) is 0 Å². The fourth-order valence-corrected chi connectivity index (χ4v) is 1.25. The molecule has 0 radical (unpaired) electrons. The monoisotopic (exact) mass is 231 g/mol. The normalized spacial score (nSPS) is 11.5. The summed E-state index contributed by atoms with van der Waals surface area (Å²) in [6, 6.07) is -0.570. The van der Waals surface area contributed by atoms with Crippen molar-refractivity contribution in [2.75, 3.05) is 7.05 Å². The predicted octanol–water partition coefficient (Wildman–Crippen LogP) is 0.763. The molecule has 0 bridgehead atoms. The molecular formula is C9H18N3O2P. The van der Waals surface area contributed by atoms with Gasteiger partial charge in [-0.3, -0.25) is 4.79 Å². The summed E-state index contributed by atoms with van der Waals surface area (Å²) in [6.45, 7) is 4.00. The number of carboxylic acids is 1. The lowest BCUT2D eigenvalue weighted by molar-refractivity contribution is -0.139. The molecule has 1 rings (SSSR count). The second-order valence-electron chi connectivity index (χ2n) is 2.70. The maximum absolute atomic E-state index is 10.6. The molecule has 0 aliphatic heterocycles. The van der Waals surface area contributed by atoms with Crippen molar-refractivity contribution in [2.24, 2.45) is 0 Å². The van der Waals surface area contributed by atoms with E-state index in [2.05, 4.69) is 19.7 Å². The first-order chi connectivity index (χ1) is 7.13. The molecule has 1 unspecified atom stereocenters. The number of carboxylic acid groups (broad SMARTS) is 1. The molecule has 2 N–H and O–H groups in total. The Labute approximate surface area is 92.2 Å². The summed E-state index contributed by atoms with van der Waals surface area (Å²) in [4.78, 5) is 14.7. The highest BCUT2D eigenvalue weighted by Crippen LogP contribution is 2.03. The van der Waals surface area contributed by atoms with Crippen LogP contribution in [-0.2, 0) is 11.2 Å². The first-order valence-electron chi connectivity index (χ1n) is 4.81. The van der Waals surface area contributed by atoms with Gasteiger partial charge >= 0.3 is 5.97 Å². The van der Waals surface area contributed by atoms with Gasteiger partial charge in [-0.05, 0) is 16.4 Å². The number of aromatic nitrogens is 2. The van der Waals surface area contributed by atoms with Crippen LogP contribution in [0.15, 0.2) is 12.5 Å². The highest BCUT2D eigenvalue weighted by atomic mass is 31.0. The number of hydrogen-bond acceptors (Lipinski definition) is 3. The van der Waals surface area contributed by atoms with E-state index in [4.69, 9.17) is 5.11 Å². The van der Waals surface area contributed by atoms with Crippen molar-refractivity contribution < 1.29 is 9.90 Å². The largest absolute Gasteiger partial charge is 0.480 e. The smallest absolute Gasteiger partial charge is 0.321 e. The molecule has 6 heteroatoms. The summed E-state index contributed by atoms with van der Waals surface area (Å²) in [5.41, 5.74) is 0.761. The van der Waals surface area contributed by atoms with Gasteiger partial charge in [0, 0.05) is 12.6 Å². The summed E-state index contributed by atoms with van der Waals surface area (Å²) in [7, 11) is 4.06. The van der Waals surface area contributed by atoms with Crippen LogP contribution < -0.4 is 5.32 Å². The number of carbonyl (C=O) groups is 1. The van der Waals surface area contributed by atoms with Crippen LogP contribution in [0.5, 0.6) is 0 Å². The van der Waals surface area contributed by atoms with E-state index >= 15 is 0 Å². The molecule has 0 spiro atoms. The van der Waals surface area contributed by atoms with E-state index in [9.17, 15) is 4.79 Å². The highest BCUT2D eigenvalue weighted by Gasteiger charge is 2.16. The zero-order valence-electron chi connectivity index (χ0n) is 9.27. The van der Waals surface area contributed by atoms with Gasteiger partial charge < -0.3 is 14.8 Å². The molecule has 0 saturated carbocycles. The first-order valence-corrected chi connectivity index (χ1v) is 5.33. The zero-order chi connectivity index (χ0) is 11.8. The third-order valence-electron chi connectivity index (χ3n) is 1.71.